The number of rotatable bonds is 2. The van der Waals surface area contributed by atoms with Crippen molar-refractivity contribution < 1.29 is 26.3 Å². The summed E-state index contributed by atoms with van der Waals surface area (Å²) in [5.41, 5.74) is -2.83. The van der Waals surface area contributed by atoms with Gasteiger partial charge in [0.2, 0.25) is 0 Å². The highest BCUT2D eigenvalue weighted by Crippen LogP contribution is 2.51. The minimum absolute atomic E-state index is 0.00270. The molecule has 1 atom stereocenters. The van der Waals surface area contributed by atoms with Crippen molar-refractivity contribution in [3.63, 3.8) is 0 Å². The Morgan fingerprint density at radius 3 is 1.77 bits per heavy atom. The van der Waals surface area contributed by atoms with E-state index < -0.39 is 53.9 Å². The molecule has 0 saturated heterocycles. The van der Waals surface area contributed by atoms with Gasteiger partial charge in [0, 0.05) is 5.41 Å². The van der Waals surface area contributed by atoms with Gasteiger partial charge in [0.25, 0.3) is 0 Å². The molecule has 0 aliphatic carbocycles. The van der Waals surface area contributed by atoms with Crippen LogP contribution in [-0.2, 0) is 6.18 Å². The quantitative estimate of drug-likeness (QED) is 0.338. The van der Waals surface area contributed by atoms with Gasteiger partial charge in [0.15, 0.2) is 6.04 Å². The van der Waals surface area contributed by atoms with Crippen molar-refractivity contribution in [2.45, 2.75) is 52.3 Å². The van der Waals surface area contributed by atoms with E-state index in [1.54, 1.807) is 39.9 Å². The predicted molar refractivity (Wildman–Crippen MR) is 107 cm³/mol. The number of benzene rings is 1. The Balaban J connectivity index is 2.91. The molecule has 0 radical (unpaired) electrons. The van der Waals surface area contributed by atoms with E-state index in [0.717, 1.165) is 9.68 Å². The Morgan fingerprint density at radius 1 is 1.00 bits per heavy atom. The lowest BCUT2D eigenvalue weighted by atomic mass is 9.87. The second kappa shape index (κ2) is 7.93. The van der Waals surface area contributed by atoms with Crippen LogP contribution in [-0.4, -0.2) is 25.9 Å². The number of halogens is 8. The van der Waals surface area contributed by atoms with E-state index in [-0.39, 0.29) is 11.4 Å². The van der Waals surface area contributed by atoms with Crippen LogP contribution >= 0.6 is 23.2 Å². The highest BCUT2D eigenvalue weighted by Gasteiger charge is 2.57. The molecule has 0 aromatic heterocycles. The van der Waals surface area contributed by atoms with Crippen LogP contribution in [0.15, 0.2) is 23.4 Å². The van der Waals surface area contributed by atoms with Gasteiger partial charge in [-0.1, -0.05) is 57.1 Å². The number of nitriles is 1. The van der Waals surface area contributed by atoms with E-state index in [0.29, 0.717) is 12.1 Å². The van der Waals surface area contributed by atoms with Crippen LogP contribution < -0.4 is 5.01 Å². The van der Waals surface area contributed by atoms with Gasteiger partial charge in [-0.3, -0.25) is 5.01 Å². The van der Waals surface area contributed by atoms with Crippen molar-refractivity contribution >= 4 is 37.8 Å². The van der Waals surface area contributed by atoms with Gasteiger partial charge in [-0.25, -0.2) is 4.67 Å². The molecule has 2 rings (SSSR count). The largest absolute Gasteiger partial charge is 0.416 e. The highest BCUT2D eigenvalue weighted by molar-refractivity contribution is 6.53. The maximum Gasteiger partial charge on any atom is 0.416 e. The van der Waals surface area contributed by atoms with Crippen molar-refractivity contribution in [3.8, 4) is 6.07 Å². The first-order valence-electron chi connectivity index (χ1n) is 8.79. The molecule has 1 aliphatic heterocycles. The van der Waals surface area contributed by atoms with Gasteiger partial charge in [0.1, 0.15) is 8.96 Å². The molecule has 0 saturated carbocycles. The van der Waals surface area contributed by atoms with Crippen LogP contribution in [0.1, 0.15) is 26.3 Å². The summed E-state index contributed by atoms with van der Waals surface area (Å²) in [6, 6.07) is 0.673. The Hall–Kier alpha value is -1.41. The number of alkyl halides is 6. The summed E-state index contributed by atoms with van der Waals surface area (Å²) in [5, 5.41) is 9.81. The molecular weight excluding hydrogens is 471 g/mol. The highest BCUT2D eigenvalue weighted by atomic mass is 35.5. The summed E-state index contributed by atoms with van der Waals surface area (Å²) < 4.78 is 82.5. The summed E-state index contributed by atoms with van der Waals surface area (Å²) in [6.45, 7) is 8.04. The first kappa shape index (κ1) is 24.9. The van der Waals surface area contributed by atoms with Gasteiger partial charge >= 0.3 is 12.4 Å². The molecule has 3 nitrogen and oxygen atoms in total. The average Bonchev–Trinajstić information content (AvgIpc) is 2.88. The molecule has 30 heavy (non-hydrogen) atoms. The number of hydrogen-bond acceptors (Lipinski definition) is 3. The number of nitrogens with zero attached hydrogens (tertiary/aromatic N) is 3. The van der Waals surface area contributed by atoms with Gasteiger partial charge in [-0.2, -0.15) is 31.6 Å². The Bertz CT molecular complexity index is 889. The van der Waals surface area contributed by atoms with Crippen LogP contribution in [0, 0.1) is 16.7 Å². The molecule has 1 aromatic rings. The van der Waals surface area contributed by atoms with Crippen molar-refractivity contribution in [1.29, 1.82) is 5.26 Å². The molecule has 1 aliphatic rings. The van der Waals surface area contributed by atoms with E-state index >= 15 is 0 Å². The fourth-order valence-electron chi connectivity index (χ4n) is 3.44. The standard InChI is InChI=1S/C18H19Cl2F6N3Si/c1-16(2,3)14-10(8-27)15(18(24,25)26)29(30(4)5)28(14)13-11(19)6-9(7-12(13)20)17(21,22)23/h6-7,15,30H,1-5H3. The molecule has 1 unspecified atom stereocenters. The minimum Gasteiger partial charge on any atom is -0.280 e. The molecule has 0 amide bonds. The summed E-state index contributed by atoms with van der Waals surface area (Å²) in [7, 11) is -2.35. The zero-order chi connectivity index (χ0) is 23.4. The molecule has 0 bridgehead atoms. The molecule has 0 fully saturated rings. The summed E-state index contributed by atoms with van der Waals surface area (Å²) in [4.78, 5) is 0. The predicted octanol–water partition coefficient (Wildman–Crippen LogP) is 6.79. The van der Waals surface area contributed by atoms with Crippen LogP contribution in [0.4, 0.5) is 32.0 Å². The Kier molecular flexibility index (Phi) is 6.57. The van der Waals surface area contributed by atoms with E-state index in [1.165, 1.54) is 0 Å². The number of hydrazine groups is 1. The zero-order valence-corrected chi connectivity index (χ0v) is 19.3. The maximum atomic E-state index is 14.0. The van der Waals surface area contributed by atoms with E-state index in [9.17, 15) is 31.6 Å². The van der Waals surface area contributed by atoms with Gasteiger partial charge in [-0.05, 0) is 12.1 Å². The summed E-state index contributed by atoms with van der Waals surface area (Å²) >= 11 is 12.3. The third-order valence-corrected chi connectivity index (χ3v) is 6.63. The average molecular weight is 490 g/mol. The molecule has 1 heterocycles. The summed E-state index contributed by atoms with van der Waals surface area (Å²) in [6.07, 6.45) is -9.53. The van der Waals surface area contributed by atoms with Gasteiger partial charge in [0.05, 0.1) is 38.6 Å². The first-order valence-corrected chi connectivity index (χ1v) is 12.4. The van der Waals surface area contributed by atoms with E-state index in [2.05, 4.69) is 0 Å². The van der Waals surface area contributed by atoms with E-state index in [1.807, 2.05) is 0 Å². The lowest BCUT2D eigenvalue weighted by Gasteiger charge is -2.42. The van der Waals surface area contributed by atoms with Crippen molar-refractivity contribution in [1.82, 2.24) is 4.67 Å². The topological polar surface area (TPSA) is 30.3 Å². The number of anilines is 1. The second-order valence-corrected chi connectivity index (χ2v) is 11.7. The lowest BCUT2D eigenvalue weighted by molar-refractivity contribution is -0.159. The summed E-state index contributed by atoms with van der Waals surface area (Å²) in [5.74, 6) is 0. The molecule has 0 spiro atoms. The molecule has 12 heteroatoms. The monoisotopic (exact) mass is 489 g/mol. The van der Waals surface area contributed by atoms with E-state index in [4.69, 9.17) is 23.2 Å². The van der Waals surface area contributed by atoms with Crippen LogP contribution in [0.25, 0.3) is 0 Å². The lowest BCUT2D eigenvalue weighted by Crippen LogP contribution is -2.55. The third-order valence-electron chi connectivity index (χ3n) is 4.46. The minimum atomic E-state index is -4.79. The molecular formula is C18H19Cl2F6N3Si. The first-order chi connectivity index (χ1) is 13.4. The van der Waals surface area contributed by atoms with Crippen LogP contribution in [0.5, 0.6) is 0 Å². The SMILES string of the molecule is C[SiH](C)N1C(C(F)(F)F)C(C#N)=C(C(C)(C)C)N1c1c(Cl)cc(C(F)(F)F)cc1Cl. The molecule has 166 valence electrons. The van der Waals surface area contributed by atoms with Crippen LogP contribution in [0.2, 0.25) is 23.1 Å². The van der Waals surface area contributed by atoms with Crippen molar-refractivity contribution in [2.24, 2.45) is 5.41 Å². The Labute approximate surface area is 182 Å². The molecule has 0 N–H and O–H groups in total. The van der Waals surface area contributed by atoms with Crippen molar-refractivity contribution in [3.05, 3.63) is 39.0 Å². The van der Waals surface area contributed by atoms with Crippen LogP contribution in [0.3, 0.4) is 0 Å². The van der Waals surface area contributed by atoms with Gasteiger partial charge < -0.3 is 0 Å². The Morgan fingerprint density at radius 2 is 1.47 bits per heavy atom. The molecule has 1 aromatic carbocycles. The fraction of sp³-hybridized carbons (Fsp3) is 0.500. The maximum absolute atomic E-state index is 14.0. The smallest absolute Gasteiger partial charge is 0.280 e. The normalized spacial score (nSPS) is 19.1. The third kappa shape index (κ3) is 4.44. The zero-order valence-electron chi connectivity index (χ0n) is 16.7. The van der Waals surface area contributed by atoms with Crippen molar-refractivity contribution in [2.75, 3.05) is 5.01 Å². The second-order valence-electron chi connectivity index (χ2n) is 8.14. The van der Waals surface area contributed by atoms with Gasteiger partial charge in [-0.15, -0.1) is 0 Å². The number of allylic oxidation sites excluding steroid dienone is 1. The fourth-order valence-corrected chi connectivity index (χ4v) is 5.70. The number of hydrogen-bond donors (Lipinski definition) is 0.